The maximum atomic E-state index is 12.6. The van der Waals surface area contributed by atoms with Crippen LogP contribution in [0.3, 0.4) is 0 Å². The molecule has 0 radical (unpaired) electrons. The Labute approximate surface area is 163 Å². The van der Waals surface area contributed by atoms with E-state index in [1.54, 1.807) is 13.0 Å². The van der Waals surface area contributed by atoms with E-state index >= 15 is 0 Å². The summed E-state index contributed by atoms with van der Waals surface area (Å²) >= 11 is 0. The lowest BCUT2D eigenvalue weighted by molar-refractivity contribution is -0.145. The highest BCUT2D eigenvalue weighted by Gasteiger charge is 2.17. The lowest BCUT2D eigenvalue weighted by Gasteiger charge is -2.14. The molecule has 1 aromatic heterocycles. The molecule has 0 N–H and O–H groups in total. The van der Waals surface area contributed by atoms with Crippen molar-refractivity contribution in [1.82, 2.24) is 0 Å². The van der Waals surface area contributed by atoms with Crippen molar-refractivity contribution in [3.05, 3.63) is 74.6 Å². The van der Waals surface area contributed by atoms with Gasteiger partial charge in [-0.25, -0.2) is 9.59 Å². The predicted octanol–water partition coefficient (Wildman–Crippen LogP) is 4.25. The molecule has 0 fully saturated rings. The predicted molar refractivity (Wildman–Crippen MR) is 108 cm³/mol. The quantitative estimate of drug-likeness (QED) is 0.472. The van der Waals surface area contributed by atoms with Gasteiger partial charge in [0.05, 0.1) is 12.0 Å². The minimum absolute atomic E-state index is 0.196. The summed E-state index contributed by atoms with van der Waals surface area (Å²) in [5.41, 5.74) is 4.55. The molecule has 0 atom stereocenters. The second kappa shape index (κ2) is 8.30. The number of rotatable bonds is 6. The molecular weight excluding hydrogens is 356 g/mol. The monoisotopic (exact) mass is 380 g/mol. The minimum atomic E-state index is -0.438. The summed E-state index contributed by atoms with van der Waals surface area (Å²) in [5, 5.41) is 0.705. The summed E-state index contributed by atoms with van der Waals surface area (Å²) in [4.78, 5) is 24.3. The molecule has 2 aromatic carbocycles. The molecule has 0 saturated heterocycles. The van der Waals surface area contributed by atoms with E-state index in [1.165, 1.54) is 0 Å². The number of carbonyl (C=O) groups is 1. The Morgan fingerprint density at radius 1 is 1.04 bits per heavy atom. The van der Waals surface area contributed by atoms with Crippen LogP contribution in [0.15, 0.2) is 45.6 Å². The molecule has 3 rings (SSSR count). The highest BCUT2D eigenvalue weighted by Crippen LogP contribution is 2.31. The van der Waals surface area contributed by atoms with Crippen LogP contribution in [0.25, 0.3) is 11.0 Å². The first-order valence-electron chi connectivity index (χ1n) is 9.30. The Balaban J connectivity index is 2.05. The Morgan fingerprint density at radius 2 is 1.75 bits per heavy atom. The van der Waals surface area contributed by atoms with Crippen molar-refractivity contribution in [2.24, 2.45) is 0 Å². The summed E-state index contributed by atoms with van der Waals surface area (Å²) in [6.45, 7) is 7.64. The molecule has 146 valence electrons. The number of esters is 1. The van der Waals surface area contributed by atoms with Crippen molar-refractivity contribution in [3.8, 4) is 5.75 Å². The first-order chi connectivity index (χ1) is 13.4. The molecule has 0 unspecified atom stereocenters. The minimum Gasteiger partial charge on any atom is -0.481 e. The third kappa shape index (κ3) is 4.25. The summed E-state index contributed by atoms with van der Waals surface area (Å²) in [6, 6.07) is 11.7. The highest BCUT2D eigenvalue weighted by molar-refractivity contribution is 5.88. The van der Waals surface area contributed by atoms with Crippen LogP contribution in [-0.2, 0) is 16.0 Å². The molecule has 1 heterocycles. The number of benzene rings is 2. The molecule has 5 nitrogen and oxygen atoms in total. The second-order valence-corrected chi connectivity index (χ2v) is 6.89. The molecule has 5 heteroatoms. The van der Waals surface area contributed by atoms with Crippen LogP contribution in [0.2, 0.25) is 0 Å². The molecular formula is C23H24O5. The van der Waals surface area contributed by atoms with Crippen molar-refractivity contribution in [2.75, 3.05) is 13.2 Å². The van der Waals surface area contributed by atoms with Crippen LogP contribution in [0.5, 0.6) is 5.75 Å². The largest absolute Gasteiger partial charge is 0.481 e. The van der Waals surface area contributed by atoms with Gasteiger partial charge in [-0.15, -0.1) is 0 Å². The normalized spacial score (nSPS) is 10.9. The maximum Gasteiger partial charge on any atom is 0.344 e. The number of ether oxygens (including phenoxy) is 2. The first kappa shape index (κ1) is 19.7. The van der Waals surface area contributed by atoms with E-state index in [4.69, 9.17) is 13.9 Å². The Kier molecular flexibility index (Phi) is 5.83. The maximum absolute atomic E-state index is 12.6. The van der Waals surface area contributed by atoms with E-state index in [0.29, 0.717) is 35.3 Å². The molecule has 0 aliphatic heterocycles. The number of fused-ring (bicyclic) bond motifs is 1. The van der Waals surface area contributed by atoms with Gasteiger partial charge in [0.25, 0.3) is 0 Å². The zero-order chi connectivity index (χ0) is 20.3. The molecule has 3 aromatic rings. The number of carbonyl (C=O) groups excluding carboxylic acids is 1. The molecule has 0 amide bonds. The van der Waals surface area contributed by atoms with E-state index in [9.17, 15) is 9.59 Å². The molecule has 0 aliphatic rings. The fourth-order valence-corrected chi connectivity index (χ4v) is 3.20. The third-order valence-corrected chi connectivity index (χ3v) is 4.64. The third-order valence-electron chi connectivity index (χ3n) is 4.64. The molecule has 0 bridgehead atoms. The number of hydrogen-bond acceptors (Lipinski definition) is 5. The number of hydrogen-bond donors (Lipinski definition) is 0. The zero-order valence-electron chi connectivity index (χ0n) is 16.6. The van der Waals surface area contributed by atoms with Crippen LogP contribution in [0.1, 0.15) is 34.7 Å². The second-order valence-electron chi connectivity index (χ2n) is 6.89. The summed E-state index contributed by atoms with van der Waals surface area (Å²) in [7, 11) is 0. The van der Waals surface area contributed by atoms with Crippen LogP contribution in [0.4, 0.5) is 0 Å². The van der Waals surface area contributed by atoms with Gasteiger partial charge in [0, 0.05) is 12.0 Å². The van der Waals surface area contributed by atoms with Gasteiger partial charge in [0.15, 0.2) is 6.61 Å². The van der Waals surface area contributed by atoms with Crippen LogP contribution < -0.4 is 10.4 Å². The Morgan fingerprint density at radius 3 is 2.43 bits per heavy atom. The molecule has 0 aliphatic carbocycles. The van der Waals surface area contributed by atoms with Gasteiger partial charge in [0.2, 0.25) is 0 Å². The number of aryl methyl sites for hydroxylation is 3. The van der Waals surface area contributed by atoms with Crippen molar-refractivity contribution in [2.45, 2.75) is 34.1 Å². The highest BCUT2D eigenvalue weighted by atomic mass is 16.6. The summed E-state index contributed by atoms with van der Waals surface area (Å²) in [6.07, 6.45) is 0.468. The van der Waals surface area contributed by atoms with Gasteiger partial charge in [0.1, 0.15) is 11.3 Å². The van der Waals surface area contributed by atoms with Gasteiger partial charge < -0.3 is 13.9 Å². The summed E-state index contributed by atoms with van der Waals surface area (Å²) in [5.74, 6) is 0.0709. The molecule has 28 heavy (non-hydrogen) atoms. The topological polar surface area (TPSA) is 65.7 Å². The van der Waals surface area contributed by atoms with Crippen LogP contribution in [0, 0.1) is 20.8 Å². The lowest BCUT2D eigenvalue weighted by atomic mass is 9.98. The van der Waals surface area contributed by atoms with Gasteiger partial charge in [-0.05, 0) is 56.5 Å². The van der Waals surface area contributed by atoms with Crippen molar-refractivity contribution >= 4 is 16.9 Å². The van der Waals surface area contributed by atoms with E-state index in [2.05, 4.69) is 0 Å². The van der Waals surface area contributed by atoms with E-state index < -0.39 is 5.97 Å². The molecule has 0 saturated carbocycles. The van der Waals surface area contributed by atoms with Gasteiger partial charge in [-0.1, -0.05) is 29.8 Å². The standard InChI is InChI=1S/C23H24O5/c1-5-26-21(24)13-27-19-10-15(3)11-20-22(19)16(4)18(23(25)28-20)12-17-8-6-14(2)7-9-17/h6-11H,5,12-13H2,1-4H3. The van der Waals surface area contributed by atoms with Gasteiger partial charge >= 0.3 is 11.6 Å². The average Bonchev–Trinajstić information content (AvgIpc) is 2.64. The van der Waals surface area contributed by atoms with E-state index in [1.807, 2.05) is 51.1 Å². The van der Waals surface area contributed by atoms with E-state index in [0.717, 1.165) is 22.3 Å². The van der Waals surface area contributed by atoms with Crippen LogP contribution in [-0.4, -0.2) is 19.2 Å². The average molecular weight is 380 g/mol. The smallest absolute Gasteiger partial charge is 0.344 e. The van der Waals surface area contributed by atoms with E-state index in [-0.39, 0.29) is 12.2 Å². The molecule has 0 spiro atoms. The van der Waals surface area contributed by atoms with Gasteiger partial charge in [-0.3, -0.25) is 0 Å². The zero-order valence-corrected chi connectivity index (χ0v) is 16.6. The van der Waals surface area contributed by atoms with Crippen LogP contribution >= 0.6 is 0 Å². The lowest BCUT2D eigenvalue weighted by Crippen LogP contribution is -2.16. The van der Waals surface area contributed by atoms with Gasteiger partial charge in [-0.2, -0.15) is 0 Å². The fraction of sp³-hybridized carbons (Fsp3) is 0.304. The van der Waals surface area contributed by atoms with Crippen molar-refractivity contribution in [1.29, 1.82) is 0 Å². The Bertz CT molecular complexity index is 1060. The SMILES string of the molecule is CCOC(=O)COc1cc(C)cc2oc(=O)c(Cc3ccc(C)cc3)c(C)c12. The van der Waals surface area contributed by atoms with Crippen molar-refractivity contribution < 1.29 is 18.7 Å². The Hall–Kier alpha value is -3.08. The first-order valence-corrected chi connectivity index (χ1v) is 9.30. The van der Waals surface area contributed by atoms with Crippen molar-refractivity contribution in [3.63, 3.8) is 0 Å². The fourth-order valence-electron chi connectivity index (χ4n) is 3.20. The summed E-state index contributed by atoms with van der Waals surface area (Å²) < 4.78 is 16.2.